The largest absolute Gasteiger partial charge is 0.373 e. The van der Waals surface area contributed by atoms with Crippen LogP contribution in [0.1, 0.15) is 34.1 Å². The third-order valence-corrected chi connectivity index (χ3v) is 1.68. The molecule has 0 aromatic heterocycles. The van der Waals surface area contributed by atoms with Gasteiger partial charge in [0.25, 0.3) is 0 Å². The molecule has 0 amide bonds. The van der Waals surface area contributed by atoms with Gasteiger partial charge in [-0.2, -0.15) is 0 Å². The minimum Gasteiger partial charge on any atom is -0.373 e. The summed E-state index contributed by atoms with van der Waals surface area (Å²) in [5.74, 6) is 0. The van der Waals surface area contributed by atoms with Crippen molar-refractivity contribution in [2.45, 2.75) is 51.9 Å². The maximum atomic E-state index is 5.71. The lowest BCUT2D eigenvalue weighted by Gasteiger charge is -2.26. The fourth-order valence-corrected chi connectivity index (χ4v) is 1.42. The Morgan fingerprint density at radius 3 is 2.45 bits per heavy atom. The standard InChI is InChI=1S/C9H18O2/c1-7(2)11-9(3,4)5-8-6-10-8/h7-8H,5-6H2,1-4H3. The molecule has 1 atom stereocenters. The van der Waals surface area contributed by atoms with Gasteiger partial charge in [0.2, 0.25) is 0 Å². The Hall–Kier alpha value is -0.0800. The van der Waals surface area contributed by atoms with E-state index in [4.69, 9.17) is 9.47 Å². The van der Waals surface area contributed by atoms with E-state index in [2.05, 4.69) is 27.7 Å². The van der Waals surface area contributed by atoms with Gasteiger partial charge in [0.1, 0.15) is 0 Å². The van der Waals surface area contributed by atoms with Crippen LogP contribution in [0.15, 0.2) is 0 Å². The topological polar surface area (TPSA) is 21.8 Å². The van der Waals surface area contributed by atoms with Gasteiger partial charge in [-0.1, -0.05) is 0 Å². The summed E-state index contributed by atoms with van der Waals surface area (Å²) < 4.78 is 10.9. The highest BCUT2D eigenvalue weighted by Crippen LogP contribution is 2.25. The summed E-state index contributed by atoms with van der Waals surface area (Å²) in [6.45, 7) is 9.29. The first-order valence-corrected chi connectivity index (χ1v) is 4.29. The minimum absolute atomic E-state index is 0.0185. The van der Waals surface area contributed by atoms with E-state index in [-0.39, 0.29) is 5.60 Å². The SMILES string of the molecule is CC(C)OC(C)(C)CC1CO1. The van der Waals surface area contributed by atoms with Crippen LogP contribution in [-0.2, 0) is 9.47 Å². The van der Waals surface area contributed by atoms with Crippen molar-refractivity contribution in [2.75, 3.05) is 6.61 Å². The van der Waals surface area contributed by atoms with E-state index in [0.29, 0.717) is 12.2 Å². The Kier molecular flexibility index (Phi) is 2.55. The molecule has 1 fully saturated rings. The Balaban J connectivity index is 2.24. The zero-order chi connectivity index (χ0) is 8.48. The van der Waals surface area contributed by atoms with Crippen molar-refractivity contribution in [2.24, 2.45) is 0 Å². The minimum atomic E-state index is -0.0185. The molecule has 1 aliphatic rings. The van der Waals surface area contributed by atoms with Crippen molar-refractivity contribution >= 4 is 0 Å². The summed E-state index contributed by atoms with van der Waals surface area (Å²) in [6, 6.07) is 0. The van der Waals surface area contributed by atoms with Gasteiger partial charge in [0.15, 0.2) is 0 Å². The molecule has 1 saturated heterocycles. The Morgan fingerprint density at radius 2 is 2.09 bits per heavy atom. The van der Waals surface area contributed by atoms with Crippen LogP contribution in [0.3, 0.4) is 0 Å². The van der Waals surface area contributed by atoms with Gasteiger partial charge in [0.05, 0.1) is 24.4 Å². The van der Waals surface area contributed by atoms with Gasteiger partial charge in [0, 0.05) is 6.42 Å². The molecule has 2 heteroatoms. The fraction of sp³-hybridized carbons (Fsp3) is 1.00. The van der Waals surface area contributed by atoms with E-state index in [1.807, 2.05) is 0 Å². The third kappa shape index (κ3) is 3.73. The average Bonchev–Trinajstić information content (AvgIpc) is 2.43. The van der Waals surface area contributed by atoms with Gasteiger partial charge in [-0.3, -0.25) is 0 Å². The first kappa shape index (κ1) is 9.01. The maximum absolute atomic E-state index is 5.71. The lowest BCUT2D eigenvalue weighted by molar-refractivity contribution is -0.0635. The second-order valence-corrected chi connectivity index (χ2v) is 4.09. The highest BCUT2D eigenvalue weighted by molar-refractivity contribution is 4.80. The van der Waals surface area contributed by atoms with E-state index >= 15 is 0 Å². The highest BCUT2D eigenvalue weighted by atomic mass is 16.6. The predicted octanol–water partition coefficient (Wildman–Crippen LogP) is 1.98. The van der Waals surface area contributed by atoms with Crippen LogP contribution in [0.4, 0.5) is 0 Å². The number of epoxide rings is 1. The molecule has 1 rings (SSSR count). The quantitative estimate of drug-likeness (QED) is 0.583. The molecule has 66 valence electrons. The summed E-state index contributed by atoms with van der Waals surface area (Å²) in [7, 11) is 0. The van der Waals surface area contributed by atoms with Crippen molar-refractivity contribution in [1.82, 2.24) is 0 Å². The van der Waals surface area contributed by atoms with Crippen LogP contribution in [0.25, 0.3) is 0 Å². The predicted molar refractivity (Wildman–Crippen MR) is 44.7 cm³/mol. The van der Waals surface area contributed by atoms with Crippen molar-refractivity contribution in [3.05, 3.63) is 0 Å². The molecule has 0 radical (unpaired) electrons. The summed E-state index contributed by atoms with van der Waals surface area (Å²) >= 11 is 0. The first-order valence-electron chi connectivity index (χ1n) is 4.29. The molecule has 0 N–H and O–H groups in total. The Morgan fingerprint density at radius 1 is 1.55 bits per heavy atom. The monoisotopic (exact) mass is 158 g/mol. The summed E-state index contributed by atoms with van der Waals surface area (Å²) in [6.07, 6.45) is 1.79. The molecular formula is C9H18O2. The molecule has 0 aromatic rings. The summed E-state index contributed by atoms with van der Waals surface area (Å²) in [4.78, 5) is 0. The van der Waals surface area contributed by atoms with E-state index < -0.39 is 0 Å². The van der Waals surface area contributed by atoms with Gasteiger partial charge >= 0.3 is 0 Å². The van der Waals surface area contributed by atoms with Crippen molar-refractivity contribution < 1.29 is 9.47 Å². The van der Waals surface area contributed by atoms with Crippen molar-refractivity contribution in [3.63, 3.8) is 0 Å². The van der Waals surface area contributed by atoms with Gasteiger partial charge < -0.3 is 9.47 Å². The van der Waals surface area contributed by atoms with Gasteiger partial charge in [-0.15, -0.1) is 0 Å². The molecule has 0 bridgehead atoms. The summed E-state index contributed by atoms with van der Waals surface area (Å²) in [5, 5.41) is 0. The number of rotatable bonds is 4. The second-order valence-electron chi connectivity index (χ2n) is 4.09. The van der Waals surface area contributed by atoms with E-state index in [1.165, 1.54) is 0 Å². The maximum Gasteiger partial charge on any atom is 0.0837 e. The molecule has 0 saturated carbocycles. The van der Waals surface area contributed by atoms with Crippen molar-refractivity contribution in [1.29, 1.82) is 0 Å². The molecule has 0 aliphatic carbocycles. The normalized spacial score (nSPS) is 24.3. The molecule has 1 unspecified atom stereocenters. The summed E-state index contributed by atoms with van der Waals surface area (Å²) in [5.41, 5.74) is -0.0185. The van der Waals surface area contributed by atoms with Crippen molar-refractivity contribution in [3.8, 4) is 0 Å². The second kappa shape index (κ2) is 3.11. The average molecular weight is 158 g/mol. The fourth-order valence-electron chi connectivity index (χ4n) is 1.42. The van der Waals surface area contributed by atoms with E-state index in [9.17, 15) is 0 Å². The van der Waals surface area contributed by atoms with Gasteiger partial charge in [-0.05, 0) is 27.7 Å². The molecule has 1 heterocycles. The zero-order valence-corrected chi connectivity index (χ0v) is 7.89. The molecule has 0 aromatic carbocycles. The van der Waals surface area contributed by atoms with Gasteiger partial charge in [-0.25, -0.2) is 0 Å². The van der Waals surface area contributed by atoms with Crippen LogP contribution < -0.4 is 0 Å². The molecule has 0 spiro atoms. The van der Waals surface area contributed by atoms with Crippen LogP contribution in [0.2, 0.25) is 0 Å². The van der Waals surface area contributed by atoms with Crippen LogP contribution in [0.5, 0.6) is 0 Å². The van der Waals surface area contributed by atoms with E-state index in [0.717, 1.165) is 13.0 Å². The molecule has 2 nitrogen and oxygen atoms in total. The lowest BCUT2D eigenvalue weighted by Crippen LogP contribution is -2.29. The number of hydrogen-bond donors (Lipinski definition) is 0. The molecular weight excluding hydrogens is 140 g/mol. The molecule has 1 aliphatic heterocycles. The smallest absolute Gasteiger partial charge is 0.0837 e. The van der Waals surface area contributed by atoms with E-state index in [1.54, 1.807) is 0 Å². The zero-order valence-electron chi connectivity index (χ0n) is 7.89. The lowest BCUT2D eigenvalue weighted by atomic mass is 10.0. The number of hydrogen-bond acceptors (Lipinski definition) is 2. The Bertz CT molecular complexity index is 120. The van der Waals surface area contributed by atoms with Crippen LogP contribution in [0, 0.1) is 0 Å². The number of ether oxygens (including phenoxy) is 2. The highest BCUT2D eigenvalue weighted by Gasteiger charge is 2.32. The Labute approximate surface area is 68.9 Å². The van der Waals surface area contributed by atoms with Crippen LogP contribution in [-0.4, -0.2) is 24.4 Å². The molecule has 11 heavy (non-hydrogen) atoms. The third-order valence-electron chi connectivity index (χ3n) is 1.68. The first-order chi connectivity index (χ1) is 4.99. The van der Waals surface area contributed by atoms with Crippen LogP contribution >= 0.6 is 0 Å².